The van der Waals surface area contributed by atoms with Crippen molar-refractivity contribution in [3.63, 3.8) is 0 Å². The third kappa shape index (κ3) is 2.52. The Balaban J connectivity index is 2.89. The van der Waals surface area contributed by atoms with Gasteiger partial charge in [0.2, 0.25) is 0 Å². The molecule has 1 fully saturated rings. The molecule has 1 saturated heterocycles. The molecular formula is C10H17IO3. The maximum absolute atomic E-state index is 11.1. The van der Waals surface area contributed by atoms with Gasteiger partial charge < -0.3 is 9.47 Å². The first-order chi connectivity index (χ1) is 6.12. The van der Waals surface area contributed by atoms with Crippen molar-refractivity contribution in [2.75, 3.05) is 0 Å². The van der Waals surface area contributed by atoms with Gasteiger partial charge >= 0.3 is 6.16 Å². The first-order valence-corrected chi connectivity index (χ1v) is 5.76. The van der Waals surface area contributed by atoms with E-state index in [2.05, 4.69) is 43.4 Å². The second-order valence-electron chi connectivity index (χ2n) is 5.26. The third-order valence-corrected chi connectivity index (χ3v) is 2.87. The van der Waals surface area contributed by atoms with Gasteiger partial charge in [-0.05, 0) is 13.8 Å². The molecular weight excluding hydrogens is 295 g/mol. The van der Waals surface area contributed by atoms with E-state index < -0.39 is 6.16 Å². The van der Waals surface area contributed by atoms with Crippen molar-refractivity contribution in [3.8, 4) is 0 Å². The van der Waals surface area contributed by atoms with Gasteiger partial charge in [-0.1, -0.05) is 43.4 Å². The Kier molecular flexibility index (Phi) is 3.05. The number of cyclic esters (lactones) is 2. The zero-order valence-corrected chi connectivity index (χ0v) is 11.4. The molecule has 2 atom stereocenters. The van der Waals surface area contributed by atoms with E-state index in [1.165, 1.54) is 0 Å². The van der Waals surface area contributed by atoms with Gasteiger partial charge in [-0.3, -0.25) is 0 Å². The van der Waals surface area contributed by atoms with Crippen molar-refractivity contribution in [3.05, 3.63) is 0 Å². The van der Waals surface area contributed by atoms with Crippen LogP contribution < -0.4 is 0 Å². The molecule has 0 spiro atoms. The molecule has 2 unspecified atom stereocenters. The van der Waals surface area contributed by atoms with Crippen LogP contribution >= 0.6 is 22.6 Å². The van der Waals surface area contributed by atoms with Gasteiger partial charge in [-0.2, -0.15) is 0 Å². The average molecular weight is 312 g/mol. The summed E-state index contributed by atoms with van der Waals surface area (Å²) in [5.41, 5.74) is -0.0841. The highest BCUT2D eigenvalue weighted by molar-refractivity contribution is 14.1. The van der Waals surface area contributed by atoms with E-state index in [0.29, 0.717) is 0 Å². The van der Waals surface area contributed by atoms with E-state index in [4.69, 9.17) is 9.47 Å². The molecule has 0 amide bonds. The van der Waals surface area contributed by atoms with E-state index in [0.717, 1.165) is 0 Å². The minimum atomic E-state index is -0.542. The average Bonchev–Trinajstić information content (AvgIpc) is 2.27. The summed E-state index contributed by atoms with van der Waals surface area (Å²) in [5.74, 6) is 0. The standard InChI is InChI=1S/C10H17IO3/c1-9(2,3)6-7(10(4,5)11)14-8(12)13-6/h6-7H,1-5H3. The molecule has 14 heavy (non-hydrogen) atoms. The maximum Gasteiger partial charge on any atom is 0.509 e. The summed E-state index contributed by atoms with van der Waals surface area (Å²) >= 11 is 2.29. The van der Waals surface area contributed by atoms with Crippen LogP contribution in [0, 0.1) is 5.41 Å². The van der Waals surface area contributed by atoms with Crippen LogP contribution in [0.2, 0.25) is 0 Å². The molecule has 0 aromatic rings. The summed E-state index contributed by atoms with van der Waals surface area (Å²) in [6.07, 6.45) is -0.878. The number of rotatable bonds is 1. The molecule has 3 nitrogen and oxygen atoms in total. The fourth-order valence-corrected chi connectivity index (χ4v) is 1.94. The number of carbonyl (C=O) groups excluding carboxylic acids is 1. The molecule has 0 aromatic carbocycles. The monoisotopic (exact) mass is 312 g/mol. The molecule has 0 aromatic heterocycles. The Labute approximate surface area is 98.7 Å². The van der Waals surface area contributed by atoms with Crippen molar-refractivity contribution < 1.29 is 14.3 Å². The summed E-state index contributed by atoms with van der Waals surface area (Å²) in [7, 11) is 0. The molecule has 4 heteroatoms. The smallest absolute Gasteiger partial charge is 0.426 e. The number of ether oxygens (including phenoxy) is 2. The van der Waals surface area contributed by atoms with Crippen LogP contribution in [-0.4, -0.2) is 21.8 Å². The molecule has 1 heterocycles. The lowest BCUT2D eigenvalue weighted by Crippen LogP contribution is -2.44. The summed E-state index contributed by atoms with van der Waals surface area (Å²) < 4.78 is 10.3. The van der Waals surface area contributed by atoms with Gasteiger partial charge in [0.1, 0.15) is 6.10 Å². The van der Waals surface area contributed by atoms with E-state index in [9.17, 15) is 4.79 Å². The Morgan fingerprint density at radius 1 is 1.07 bits per heavy atom. The molecule has 1 aliphatic heterocycles. The molecule has 1 rings (SSSR count). The molecule has 0 bridgehead atoms. The summed E-state index contributed by atoms with van der Waals surface area (Å²) in [4.78, 5) is 11.1. The van der Waals surface area contributed by atoms with Gasteiger partial charge in [-0.25, -0.2) is 4.79 Å². The predicted octanol–water partition coefficient (Wildman–Crippen LogP) is 3.15. The number of hydrogen-bond donors (Lipinski definition) is 0. The van der Waals surface area contributed by atoms with E-state index in [1.807, 2.05) is 13.8 Å². The topological polar surface area (TPSA) is 35.5 Å². The van der Waals surface area contributed by atoms with Crippen molar-refractivity contribution >= 4 is 28.7 Å². The second-order valence-corrected chi connectivity index (χ2v) is 8.04. The molecule has 0 radical (unpaired) electrons. The maximum atomic E-state index is 11.1. The van der Waals surface area contributed by atoms with Crippen LogP contribution in [0.5, 0.6) is 0 Å². The van der Waals surface area contributed by atoms with Crippen LogP contribution in [0.25, 0.3) is 0 Å². The highest BCUT2D eigenvalue weighted by Gasteiger charge is 2.50. The molecule has 82 valence electrons. The lowest BCUT2D eigenvalue weighted by atomic mass is 9.82. The number of carbonyl (C=O) groups is 1. The zero-order chi connectivity index (χ0) is 11.1. The van der Waals surface area contributed by atoms with Gasteiger partial charge in [0.05, 0.1) is 3.42 Å². The predicted molar refractivity (Wildman–Crippen MR) is 62.7 cm³/mol. The fraction of sp³-hybridized carbons (Fsp3) is 0.900. The van der Waals surface area contributed by atoms with Crippen LogP contribution in [0.4, 0.5) is 4.79 Å². The largest absolute Gasteiger partial charge is 0.509 e. The van der Waals surface area contributed by atoms with Crippen LogP contribution in [0.1, 0.15) is 34.6 Å². The number of halogens is 1. The van der Waals surface area contributed by atoms with Gasteiger partial charge in [-0.15, -0.1) is 0 Å². The first kappa shape index (κ1) is 12.1. The highest BCUT2D eigenvalue weighted by Crippen LogP contribution is 2.39. The molecule has 0 aliphatic carbocycles. The first-order valence-electron chi connectivity index (χ1n) is 4.68. The fourth-order valence-electron chi connectivity index (χ4n) is 1.49. The Morgan fingerprint density at radius 2 is 1.50 bits per heavy atom. The van der Waals surface area contributed by atoms with E-state index in [1.54, 1.807) is 0 Å². The van der Waals surface area contributed by atoms with Crippen LogP contribution in [0.3, 0.4) is 0 Å². The van der Waals surface area contributed by atoms with E-state index >= 15 is 0 Å². The number of hydrogen-bond acceptors (Lipinski definition) is 3. The summed E-state index contributed by atoms with van der Waals surface area (Å²) in [6.45, 7) is 10.2. The lowest BCUT2D eigenvalue weighted by molar-refractivity contribution is 0.0434. The van der Waals surface area contributed by atoms with Crippen molar-refractivity contribution in [1.29, 1.82) is 0 Å². The van der Waals surface area contributed by atoms with Crippen LogP contribution in [-0.2, 0) is 9.47 Å². The number of alkyl halides is 1. The normalized spacial score (nSPS) is 28.6. The Hall–Kier alpha value is 0. The SMILES string of the molecule is CC(C)(C)C1OC(=O)OC1C(C)(C)I. The van der Waals surface area contributed by atoms with Crippen molar-refractivity contribution in [2.45, 2.75) is 50.2 Å². The lowest BCUT2D eigenvalue weighted by Gasteiger charge is -2.33. The summed E-state index contributed by atoms with van der Waals surface area (Å²) in [6, 6.07) is 0. The third-order valence-electron chi connectivity index (χ3n) is 2.25. The van der Waals surface area contributed by atoms with Gasteiger partial charge in [0, 0.05) is 5.41 Å². The minimum absolute atomic E-state index is 0.0841. The Morgan fingerprint density at radius 3 is 1.79 bits per heavy atom. The van der Waals surface area contributed by atoms with Gasteiger partial charge in [0.25, 0.3) is 0 Å². The Bertz CT molecular complexity index is 213. The van der Waals surface area contributed by atoms with E-state index in [-0.39, 0.29) is 21.0 Å². The molecule has 0 saturated carbocycles. The molecule has 0 N–H and O–H groups in total. The zero-order valence-electron chi connectivity index (χ0n) is 9.26. The van der Waals surface area contributed by atoms with Gasteiger partial charge in [0.15, 0.2) is 6.10 Å². The quantitative estimate of drug-likeness (QED) is 0.424. The van der Waals surface area contributed by atoms with Crippen molar-refractivity contribution in [1.82, 2.24) is 0 Å². The van der Waals surface area contributed by atoms with Crippen LogP contribution in [0.15, 0.2) is 0 Å². The minimum Gasteiger partial charge on any atom is -0.426 e. The highest BCUT2D eigenvalue weighted by atomic mass is 127. The van der Waals surface area contributed by atoms with Crippen molar-refractivity contribution in [2.24, 2.45) is 5.41 Å². The summed E-state index contributed by atoms with van der Waals surface area (Å²) in [5, 5.41) is 0. The second kappa shape index (κ2) is 3.54. The molecule has 1 aliphatic rings.